The molecule has 0 aliphatic carbocycles. The Morgan fingerprint density at radius 2 is 1.38 bits per heavy atom. The summed E-state index contributed by atoms with van der Waals surface area (Å²) in [7, 11) is 4.18. The van der Waals surface area contributed by atoms with Crippen molar-refractivity contribution >= 4 is 11.1 Å². The third-order valence-corrected chi connectivity index (χ3v) is 4.98. The van der Waals surface area contributed by atoms with Crippen LogP contribution in [0, 0.1) is 0 Å². The van der Waals surface area contributed by atoms with E-state index in [0.29, 0.717) is 0 Å². The zero-order valence-corrected chi connectivity index (χ0v) is 17.8. The lowest BCUT2D eigenvalue weighted by molar-refractivity contribution is 0.281. The van der Waals surface area contributed by atoms with Crippen LogP contribution in [0.3, 0.4) is 0 Å². The Morgan fingerprint density at radius 1 is 0.759 bits per heavy atom. The fraction of sp³-hybridized carbons (Fsp3) is 0.259. The van der Waals surface area contributed by atoms with Crippen LogP contribution in [0.15, 0.2) is 84.9 Å². The first kappa shape index (κ1) is 20.9. The molecule has 0 bridgehead atoms. The molecular weight excluding hydrogens is 354 g/mol. The van der Waals surface area contributed by atoms with Gasteiger partial charge in [0.15, 0.2) is 0 Å². The highest BCUT2D eigenvalue weighted by atomic mass is 16.5. The summed E-state index contributed by atoms with van der Waals surface area (Å²) in [6.45, 7) is 3.99. The van der Waals surface area contributed by atoms with Crippen LogP contribution >= 0.6 is 0 Å². The first-order chi connectivity index (χ1) is 14.2. The number of hydrogen-bond donors (Lipinski definition) is 0. The molecule has 0 fully saturated rings. The minimum absolute atomic E-state index is 0.728. The van der Waals surface area contributed by atoms with Gasteiger partial charge < -0.3 is 9.64 Å². The van der Waals surface area contributed by atoms with Gasteiger partial charge in [0.1, 0.15) is 5.75 Å². The smallest absolute Gasteiger partial charge is 0.119 e. The van der Waals surface area contributed by atoms with Gasteiger partial charge in [-0.2, -0.15) is 0 Å². The molecule has 150 valence electrons. The Bertz CT molecular complexity index is 914. The molecule has 0 aliphatic rings. The first-order valence-electron chi connectivity index (χ1n) is 10.4. The quantitative estimate of drug-likeness (QED) is 0.313. The summed E-state index contributed by atoms with van der Waals surface area (Å²) in [5.41, 5.74) is 6.32. The molecule has 0 heterocycles. The lowest BCUT2D eigenvalue weighted by atomic mass is 9.88. The van der Waals surface area contributed by atoms with Crippen molar-refractivity contribution in [1.82, 2.24) is 4.90 Å². The van der Waals surface area contributed by atoms with Crippen LogP contribution in [0.2, 0.25) is 0 Å². The Morgan fingerprint density at radius 3 is 2.00 bits per heavy atom. The summed E-state index contributed by atoms with van der Waals surface area (Å²) in [6.07, 6.45) is 1.98. The number of hydrogen-bond acceptors (Lipinski definition) is 2. The second-order valence-electron chi connectivity index (χ2n) is 7.47. The molecule has 0 aliphatic heterocycles. The number of rotatable bonds is 9. The highest BCUT2D eigenvalue weighted by Crippen LogP contribution is 2.35. The van der Waals surface area contributed by atoms with Crippen LogP contribution in [-0.2, 0) is 0 Å². The predicted octanol–water partition coefficient (Wildman–Crippen LogP) is 6.39. The van der Waals surface area contributed by atoms with Gasteiger partial charge in [-0.25, -0.2) is 0 Å². The maximum absolute atomic E-state index is 6.05. The third kappa shape index (κ3) is 5.82. The van der Waals surface area contributed by atoms with E-state index in [2.05, 4.69) is 111 Å². The molecule has 0 N–H and O–H groups in total. The van der Waals surface area contributed by atoms with Gasteiger partial charge in [-0.3, -0.25) is 0 Å². The van der Waals surface area contributed by atoms with E-state index in [1.165, 1.54) is 27.8 Å². The van der Waals surface area contributed by atoms with E-state index in [1.54, 1.807) is 0 Å². The molecule has 0 saturated heterocycles. The van der Waals surface area contributed by atoms with Crippen LogP contribution in [-0.4, -0.2) is 32.1 Å². The van der Waals surface area contributed by atoms with Crippen molar-refractivity contribution < 1.29 is 4.74 Å². The highest BCUT2D eigenvalue weighted by Gasteiger charge is 2.13. The van der Waals surface area contributed by atoms with Crippen molar-refractivity contribution in [3.63, 3.8) is 0 Å². The zero-order valence-electron chi connectivity index (χ0n) is 17.8. The van der Waals surface area contributed by atoms with Gasteiger partial charge in [0, 0.05) is 6.54 Å². The molecule has 3 rings (SSSR count). The largest absolute Gasteiger partial charge is 0.494 e. The molecular formula is C27H31NO. The molecule has 0 atom stereocenters. The van der Waals surface area contributed by atoms with E-state index in [1.807, 2.05) is 0 Å². The fourth-order valence-corrected chi connectivity index (χ4v) is 3.60. The van der Waals surface area contributed by atoms with E-state index in [4.69, 9.17) is 4.74 Å². The van der Waals surface area contributed by atoms with Crippen molar-refractivity contribution in [1.29, 1.82) is 0 Å². The van der Waals surface area contributed by atoms with Crippen LogP contribution in [0.5, 0.6) is 5.75 Å². The summed E-state index contributed by atoms with van der Waals surface area (Å²) in [6, 6.07) is 29.9. The SMILES string of the molecule is CC/C(=C(\c1ccccc1)c1cccc(OCCCN(C)C)c1)c1ccccc1. The maximum Gasteiger partial charge on any atom is 0.119 e. The summed E-state index contributed by atoms with van der Waals surface area (Å²) in [5, 5.41) is 0. The molecule has 0 spiro atoms. The van der Waals surface area contributed by atoms with Crippen LogP contribution in [0.4, 0.5) is 0 Å². The Hall–Kier alpha value is -2.84. The van der Waals surface area contributed by atoms with Gasteiger partial charge in [0.2, 0.25) is 0 Å². The molecule has 3 aromatic rings. The molecule has 0 saturated carbocycles. The molecule has 0 unspecified atom stereocenters. The molecule has 2 heteroatoms. The second kappa shape index (κ2) is 10.6. The molecule has 3 aromatic carbocycles. The van der Waals surface area contributed by atoms with Crippen LogP contribution < -0.4 is 4.74 Å². The average Bonchev–Trinajstić information content (AvgIpc) is 2.76. The van der Waals surface area contributed by atoms with E-state index in [0.717, 1.165) is 31.7 Å². The van der Waals surface area contributed by atoms with E-state index in [9.17, 15) is 0 Å². The van der Waals surface area contributed by atoms with E-state index < -0.39 is 0 Å². The predicted molar refractivity (Wildman–Crippen MR) is 124 cm³/mol. The van der Waals surface area contributed by atoms with Gasteiger partial charge in [-0.05, 0) is 66.9 Å². The number of benzene rings is 3. The number of allylic oxidation sites excluding steroid dienone is 1. The van der Waals surface area contributed by atoms with Crippen LogP contribution in [0.1, 0.15) is 36.5 Å². The van der Waals surface area contributed by atoms with E-state index >= 15 is 0 Å². The van der Waals surface area contributed by atoms with Crippen molar-refractivity contribution in [2.75, 3.05) is 27.2 Å². The number of nitrogens with zero attached hydrogens (tertiary/aromatic N) is 1. The molecule has 0 aromatic heterocycles. The van der Waals surface area contributed by atoms with Crippen molar-refractivity contribution in [2.24, 2.45) is 0 Å². The lowest BCUT2D eigenvalue weighted by Crippen LogP contribution is -2.15. The average molecular weight is 386 g/mol. The zero-order chi connectivity index (χ0) is 20.5. The second-order valence-corrected chi connectivity index (χ2v) is 7.47. The molecule has 2 nitrogen and oxygen atoms in total. The number of ether oxygens (including phenoxy) is 1. The van der Waals surface area contributed by atoms with Gasteiger partial charge in [0.25, 0.3) is 0 Å². The van der Waals surface area contributed by atoms with Gasteiger partial charge in [0.05, 0.1) is 6.61 Å². The van der Waals surface area contributed by atoms with Crippen LogP contribution in [0.25, 0.3) is 11.1 Å². The van der Waals surface area contributed by atoms with Gasteiger partial charge in [-0.15, -0.1) is 0 Å². The standard InChI is InChI=1S/C27H31NO/c1-4-26(22-13-7-5-8-14-22)27(23-15-9-6-10-16-23)24-17-11-18-25(21-24)29-20-12-19-28(2)3/h5-11,13-18,21H,4,12,19-20H2,1-3H3/b27-26-. The first-order valence-corrected chi connectivity index (χ1v) is 10.4. The minimum atomic E-state index is 0.728. The fourth-order valence-electron chi connectivity index (χ4n) is 3.60. The lowest BCUT2D eigenvalue weighted by Gasteiger charge is -2.17. The van der Waals surface area contributed by atoms with Crippen molar-refractivity contribution in [3.8, 4) is 5.75 Å². The minimum Gasteiger partial charge on any atom is -0.494 e. The Kier molecular flexibility index (Phi) is 7.66. The summed E-state index contributed by atoms with van der Waals surface area (Å²) in [4.78, 5) is 2.18. The maximum atomic E-state index is 6.05. The summed E-state index contributed by atoms with van der Waals surface area (Å²) >= 11 is 0. The molecule has 0 radical (unpaired) electrons. The topological polar surface area (TPSA) is 12.5 Å². The highest BCUT2D eigenvalue weighted by molar-refractivity contribution is 5.98. The third-order valence-electron chi connectivity index (χ3n) is 4.98. The van der Waals surface area contributed by atoms with Gasteiger partial charge >= 0.3 is 0 Å². The van der Waals surface area contributed by atoms with Crippen molar-refractivity contribution in [3.05, 3.63) is 102 Å². The monoisotopic (exact) mass is 385 g/mol. The Balaban J connectivity index is 2.00. The van der Waals surface area contributed by atoms with Gasteiger partial charge in [-0.1, -0.05) is 79.7 Å². The van der Waals surface area contributed by atoms with E-state index in [-0.39, 0.29) is 0 Å². The van der Waals surface area contributed by atoms with Crippen molar-refractivity contribution in [2.45, 2.75) is 19.8 Å². The Labute approximate surface area is 175 Å². The molecule has 0 amide bonds. The summed E-state index contributed by atoms with van der Waals surface area (Å²) < 4.78 is 6.05. The normalized spacial score (nSPS) is 12.0. The molecule has 29 heavy (non-hydrogen) atoms. The summed E-state index contributed by atoms with van der Waals surface area (Å²) in [5.74, 6) is 0.929.